The van der Waals surface area contributed by atoms with Crippen molar-refractivity contribution in [2.24, 2.45) is 0 Å². The van der Waals surface area contributed by atoms with Crippen molar-refractivity contribution in [3.05, 3.63) is 64.4 Å². The molecule has 3 rings (SSSR count). The summed E-state index contributed by atoms with van der Waals surface area (Å²) in [5.74, 6) is -1.20. The highest BCUT2D eigenvalue weighted by molar-refractivity contribution is 6.33. The van der Waals surface area contributed by atoms with E-state index in [1.807, 2.05) is 12.1 Å². The number of rotatable bonds is 2. The first-order valence-electron chi connectivity index (χ1n) is 8.99. The fourth-order valence-corrected chi connectivity index (χ4v) is 3.39. The number of carbonyl (C=O) groups excluding carboxylic acids is 2. The average molecular weight is 405 g/mol. The van der Waals surface area contributed by atoms with E-state index in [0.717, 1.165) is 5.56 Å². The molecule has 0 aliphatic carbocycles. The molecule has 0 bridgehead atoms. The summed E-state index contributed by atoms with van der Waals surface area (Å²) in [5.41, 5.74) is 0.831. The number of hydrogen-bond donors (Lipinski definition) is 1. The van der Waals surface area contributed by atoms with Crippen molar-refractivity contribution < 1.29 is 18.7 Å². The molecule has 0 saturated heterocycles. The predicted molar refractivity (Wildman–Crippen MR) is 106 cm³/mol. The van der Waals surface area contributed by atoms with Gasteiger partial charge in [-0.15, -0.1) is 0 Å². The molecule has 0 unspecified atom stereocenters. The molecule has 0 spiro atoms. The Morgan fingerprint density at radius 3 is 2.57 bits per heavy atom. The summed E-state index contributed by atoms with van der Waals surface area (Å²) in [6.45, 7) is 5.60. The molecule has 0 saturated carbocycles. The monoisotopic (exact) mass is 404 g/mol. The van der Waals surface area contributed by atoms with Gasteiger partial charge >= 0.3 is 6.09 Å². The molecule has 2 amide bonds. The van der Waals surface area contributed by atoms with Crippen LogP contribution < -0.4 is 5.32 Å². The van der Waals surface area contributed by atoms with Crippen molar-refractivity contribution in [2.75, 3.05) is 11.9 Å². The molecule has 1 aliphatic rings. The molecule has 1 atom stereocenters. The lowest BCUT2D eigenvalue weighted by Gasteiger charge is -2.37. The van der Waals surface area contributed by atoms with Crippen LogP contribution in [-0.2, 0) is 16.0 Å². The molecular formula is C21H22ClFN2O3. The van der Waals surface area contributed by atoms with Crippen molar-refractivity contribution in [1.29, 1.82) is 0 Å². The summed E-state index contributed by atoms with van der Waals surface area (Å²) in [7, 11) is 0. The Kier molecular flexibility index (Phi) is 5.61. The van der Waals surface area contributed by atoms with E-state index in [1.54, 1.807) is 32.9 Å². The minimum atomic E-state index is -0.949. The number of nitrogens with zero attached hydrogens (tertiary/aromatic N) is 1. The van der Waals surface area contributed by atoms with E-state index >= 15 is 0 Å². The van der Waals surface area contributed by atoms with Crippen LogP contribution in [0.4, 0.5) is 14.9 Å². The van der Waals surface area contributed by atoms with Crippen molar-refractivity contribution in [2.45, 2.75) is 38.8 Å². The van der Waals surface area contributed by atoms with Crippen molar-refractivity contribution in [1.82, 2.24) is 4.90 Å². The Hall–Kier alpha value is -2.60. The number of ether oxygens (including phenoxy) is 1. The van der Waals surface area contributed by atoms with Crippen molar-refractivity contribution in [3.8, 4) is 0 Å². The third kappa shape index (κ3) is 4.28. The van der Waals surface area contributed by atoms with Gasteiger partial charge < -0.3 is 10.1 Å². The number of halogens is 2. The van der Waals surface area contributed by atoms with E-state index in [9.17, 15) is 14.0 Å². The molecule has 1 N–H and O–H groups in total. The molecular weight excluding hydrogens is 383 g/mol. The van der Waals surface area contributed by atoms with Gasteiger partial charge in [0.2, 0.25) is 0 Å². The Morgan fingerprint density at radius 1 is 1.18 bits per heavy atom. The molecule has 2 aromatic rings. The van der Waals surface area contributed by atoms with Crippen LogP contribution in [-0.4, -0.2) is 29.0 Å². The van der Waals surface area contributed by atoms with Gasteiger partial charge in [-0.2, -0.15) is 0 Å². The van der Waals surface area contributed by atoms with Crippen LogP contribution in [0.5, 0.6) is 0 Å². The average Bonchev–Trinajstić information content (AvgIpc) is 2.62. The lowest BCUT2D eigenvalue weighted by molar-refractivity contribution is -0.122. The predicted octanol–water partition coefficient (Wildman–Crippen LogP) is 4.95. The zero-order chi connectivity index (χ0) is 20.5. The maximum atomic E-state index is 14.1. The van der Waals surface area contributed by atoms with Crippen LogP contribution in [0.1, 0.15) is 37.9 Å². The van der Waals surface area contributed by atoms with Gasteiger partial charge in [-0.25, -0.2) is 9.18 Å². The largest absolute Gasteiger partial charge is 0.444 e. The summed E-state index contributed by atoms with van der Waals surface area (Å²) in [5, 5.41) is 2.63. The second kappa shape index (κ2) is 7.80. The first-order valence-corrected chi connectivity index (χ1v) is 9.37. The number of hydrogen-bond acceptors (Lipinski definition) is 3. The second-order valence-corrected chi connectivity index (χ2v) is 8.02. The zero-order valence-corrected chi connectivity index (χ0v) is 16.7. The van der Waals surface area contributed by atoms with Crippen LogP contribution in [0.3, 0.4) is 0 Å². The van der Waals surface area contributed by atoms with E-state index in [1.165, 1.54) is 23.1 Å². The first-order chi connectivity index (χ1) is 13.2. The number of nitrogens with one attached hydrogen (secondary N) is 1. The summed E-state index contributed by atoms with van der Waals surface area (Å²) >= 11 is 6.04. The number of para-hydroxylation sites is 1. The number of carbonyl (C=O) groups is 2. The molecule has 5 nitrogen and oxygen atoms in total. The number of amides is 2. The van der Waals surface area contributed by atoms with Crippen molar-refractivity contribution in [3.63, 3.8) is 0 Å². The number of fused-ring (bicyclic) bond motifs is 1. The van der Waals surface area contributed by atoms with Crippen LogP contribution in [0.2, 0.25) is 5.02 Å². The quantitative estimate of drug-likeness (QED) is 0.770. The molecule has 0 radical (unpaired) electrons. The fraction of sp³-hybridized carbons (Fsp3) is 0.333. The minimum absolute atomic E-state index is 0.0845. The van der Waals surface area contributed by atoms with Gasteiger partial charge in [0.25, 0.3) is 5.91 Å². The summed E-state index contributed by atoms with van der Waals surface area (Å²) in [6, 6.07) is 10.6. The zero-order valence-electron chi connectivity index (χ0n) is 16.0. The van der Waals surface area contributed by atoms with Gasteiger partial charge in [0.15, 0.2) is 0 Å². The third-order valence-electron chi connectivity index (χ3n) is 4.37. The van der Waals surface area contributed by atoms with Crippen molar-refractivity contribution >= 4 is 29.3 Å². The van der Waals surface area contributed by atoms with E-state index in [2.05, 4.69) is 5.32 Å². The highest BCUT2D eigenvalue weighted by atomic mass is 35.5. The molecule has 0 aromatic heterocycles. The van der Waals surface area contributed by atoms with E-state index < -0.39 is 29.5 Å². The molecule has 148 valence electrons. The van der Waals surface area contributed by atoms with Crippen LogP contribution >= 0.6 is 11.6 Å². The molecule has 1 heterocycles. The van der Waals surface area contributed by atoms with Crippen LogP contribution in [0.25, 0.3) is 0 Å². The topological polar surface area (TPSA) is 58.6 Å². The smallest absolute Gasteiger partial charge is 0.411 e. The van der Waals surface area contributed by atoms with Gasteiger partial charge in [-0.05, 0) is 50.5 Å². The first kappa shape index (κ1) is 20.1. The Bertz CT molecular complexity index is 891. The maximum Gasteiger partial charge on any atom is 0.411 e. The summed E-state index contributed by atoms with van der Waals surface area (Å²) in [4.78, 5) is 27.3. The second-order valence-electron chi connectivity index (χ2n) is 7.61. The van der Waals surface area contributed by atoms with E-state index in [4.69, 9.17) is 16.3 Å². The Balaban J connectivity index is 1.96. The highest BCUT2D eigenvalue weighted by Crippen LogP contribution is 2.33. The van der Waals surface area contributed by atoms with Gasteiger partial charge in [-0.3, -0.25) is 9.69 Å². The van der Waals surface area contributed by atoms with Crippen LogP contribution in [0, 0.1) is 5.82 Å². The van der Waals surface area contributed by atoms with E-state index in [-0.39, 0.29) is 10.7 Å². The molecule has 1 aliphatic heterocycles. The number of anilines is 1. The standard InChI is InChI=1S/C21H22ClFN2O3/c1-21(2,3)28-20(27)25-12-11-13-7-4-5-8-14(13)18(25)19(26)24-17-15(22)9-6-10-16(17)23/h4-10,18H,11-12H2,1-3H3,(H,24,26)/t18-/m0/s1. The molecule has 0 fully saturated rings. The molecule has 7 heteroatoms. The lowest BCUT2D eigenvalue weighted by atomic mass is 9.92. The Morgan fingerprint density at radius 2 is 1.89 bits per heavy atom. The van der Waals surface area contributed by atoms with E-state index in [0.29, 0.717) is 18.5 Å². The maximum absolute atomic E-state index is 14.1. The Labute approximate surface area is 168 Å². The highest BCUT2D eigenvalue weighted by Gasteiger charge is 2.38. The fourth-order valence-electron chi connectivity index (χ4n) is 3.18. The lowest BCUT2D eigenvalue weighted by Crippen LogP contribution is -2.47. The van der Waals surface area contributed by atoms with Crippen LogP contribution in [0.15, 0.2) is 42.5 Å². The minimum Gasteiger partial charge on any atom is -0.444 e. The molecule has 28 heavy (non-hydrogen) atoms. The van der Waals surface area contributed by atoms with Gasteiger partial charge in [-0.1, -0.05) is 41.9 Å². The third-order valence-corrected chi connectivity index (χ3v) is 4.69. The van der Waals surface area contributed by atoms with Gasteiger partial charge in [0.1, 0.15) is 17.5 Å². The SMILES string of the molecule is CC(C)(C)OC(=O)N1CCc2ccccc2[C@H]1C(=O)Nc1c(F)cccc1Cl. The molecule has 2 aromatic carbocycles. The number of benzene rings is 2. The summed E-state index contributed by atoms with van der Waals surface area (Å²) in [6.07, 6.45) is 0.00130. The van der Waals surface area contributed by atoms with Gasteiger partial charge in [0.05, 0.1) is 10.7 Å². The van der Waals surface area contributed by atoms with Gasteiger partial charge in [0, 0.05) is 6.54 Å². The summed E-state index contributed by atoms with van der Waals surface area (Å²) < 4.78 is 19.6. The normalized spacial score (nSPS) is 16.3.